The van der Waals surface area contributed by atoms with Crippen molar-refractivity contribution in [1.29, 1.82) is 0 Å². The SMILES string of the molecule is CCCB1CCN(Cc2ccnc3ccc(OC)cc23)CC1. The lowest BCUT2D eigenvalue weighted by molar-refractivity contribution is 0.284. The van der Waals surface area contributed by atoms with Crippen molar-refractivity contribution < 1.29 is 4.74 Å². The molecule has 0 unspecified atom stereocenters. The summed E-state index contributed by atoms with van der Waals surface area (Å²) in [4.78, 5) is 7.06. The Labute approximate surface area is 133 Å². The largest absolute Gasteiger partial charge is 0.497 e. The molecule has 22 heavy (non-hydrogen) atoms. The first-order valence-corrected chi connectivity index (χ1v) is 8.44. The number of ether oxygens (including phenoxy) is 1. The van der Waals surface area contributed by atoms with Gasteiger partial charge in [-0.05, 0) is 42.9 Å². The predicted octanol–water partition coefficient (Wildman–Crippen LogP) is 3.96. The van der Waals surface area contributed by atoms with Gasteiger partial charge in [-0.2, -0.15) is 0 Å². The summed E-state index contributed by atoms with van der Waals surface area (Å²) in [6.45, 7) is 6.70. The van der Waals surface area contributed by atoms with E-state index in [1.807, 2.05) is 18.3 Å². The molecule has 0 bridgehead atoms. The minimum atomic E-state index is 0.906. The van der Waals surface area contributed by atoms with E-state index in [4.69, 9.17) is 4.74 Å². The molecule has 1 aromatic heterocycles. The maximum atomic E-state index is 5.37. The molecule has 1 aliphatic heterocycles. The van der Waals surface area contributed by atoms with Gasteiger partial charge in [0.05, 0.1) is 12.6 Å². The van der Waals surface area contributed by atoms with Crippen LogP contribution in [0.5, 0.6) is 5.75 Å². The van der Waals surface area contributed by atoms with Gasteiger partial charge in [-0.1, -0.05) is 32.3 Å². The van der Waals surface area contributed by atoms with E-state index in [0.717, 1.165) is 24.5 Å². The van der Waals surface area contributed by atoms with Gasteiger partial charge >= 0.3 is 0 Å². The number of nitrogens with zero attached hydrogens (tertiary/aromatic N) is 2. The monoisotopic (exact) mass is 296 g/mol. The molecule has 0 aliphatic carbocycles. The summed E-state index contributed by atoms with van der Waals surface area (Å²) in [5.74, 6) is 0.906. The van der Waals surface area contributed by atoms with Crippen LogP contribution in [0.2, 0.25) is 19.0 Å². The third kappa shape index (κ3) is 3.44. The Bertz CT molecular complexity index is 624. The van der Waals surface area contributed by atoms with Crippen LogP contribution in [-0.2, 0) is 6.54 Å². The number of rotatable bonds is 5. The zero-order valence-electron chi connectivity index (χ0n) is 13.7. The normalized spacial score (nSPS) is 16.2. The average Bonchev–Trinajstić information content (AvgIpc) is 2.57. The molecular weight excluding hydrogens is 271 g/mol. The van der Waals surface area contributed by atoms with E-state index in [-0.39, 0.29) is 0 Å². The fourth-order valence-corrected chi connectivity index (χ4v) is 3.53. The molecule has 1 fully saturated rings. The number of hydrogen-bond acceptors (Lipinski definition) is 3. The maximum absolute atomic E-state index is 5.37. The Balaban J connectivity index is 1.74. The van der Waals surface area contributed by atoms with E-state index >= 15 is 0 Å². The number of aromatic nitrogens is 1. The van der Waals surface area contributed by atoms with Crippen LogP contribution in [-0.4, -0.2) is 36.8 Å². The van der Waals surface area contributed by atoms with Crippen LogP contribution in [0.15, 0.2) is 30.5 Å². The topological polar surface area (TPSA) is 25.4 Å². The predicted molar refractivity (Wildman–Crippen MR) is 94.0 cm³/mol. The van der Waals surface area contributed by atoms with E-state index in [1.54, 1.807) is 7.11 Å². The van der Waals surface area contributed by atoms with E-state index in [0.29, 0.717) is 0 Å². The van der Waals surface area contributed by atoms with Crippen molar-refractivity contribution in [1.82, 2.24) is 9.88 Å². The number of benzene rings is 1. The summed E-state index contributed by atoms with van der Waals surface area (Å²) in [5.41, 5.74) is 2.41. The lowest BCUT2D eigenvalue weighted by atomic mass is 9.41. The Morgan fingerprint density at radius 1 is 1.23 bits per heavy atom. The fraction of sp³-hybridized carbons (Fsp3) is 0.500. The second-order valence-corrected chi connectivity index (χ2v) is 6.36. The second-order valence-electron chi connectivity index (χ2n) is 6.36. The van der Waals surface area contributed by atoms with Crippen LogP contribution in [0, 0.1) is 0 Å². The van der Waals surface area contributed by atoms with Gasteiger partial charge in [0.1, 0.15) is 12.5 Å². The van der Waals surface area contributed by atoms with Gasteiger partial charge in [0.15, 0.2) is 0 Å². The summed E-state index contributed by atoms with van der Waals surface area (Å²) >= 11 is 0. The maximum Gasteiger partial charge on any atom is 0.142 e. The van der Waals surface area contributed by atoms with Crippen LogP contribution < -0.4 is 4.74 Å². The molecular formula is C18H25BN2O. The van der Waals surface area contributed by atoms with E-state index in [2.05, 4.69) is 28.9 Å². The zero-order valence-corrected chi connectivity index (χ0v) is 13.7. The molecule has 1 aliphatic rings. The lowest BCUT2D eigenvalue weighted by Gasteiger charge is -2.30. The van der Waals surface area contributed by atoms with Crippen molar-refractivity contribution in [2.75, 3.05) is 20.2 Å². The fourth-order valence-electron chi connectivity index (χ4n) is 3.53. The van der Waals surface area contributed by atoms with Crippen LogP contribution in [0.1, 0.15) is 18.9 Å². The van der Waals surface area contributed by atoms with Gasteiger partial charge < -0.3 is 9.64 Å². The van der Waals surface area contributed by atoms with Gasteiger partial charge in [0.25, 0.3) is 0 Å². The molecule has 0 spiro atoms. The van der Waals surface area contributed by atoms with Gasteiger partial charge in [0, 0.05) is 18.1 Å². The Hall–Kier alpha value is -1.55. The first kappa shape index (κ1) is 15.4. The van der Waals surface area contributed by atoms with Crippen LogP contribution in [0.3, 0.4) is 0 Å². The molecule has 3 nitrogen and oxygen atoms in total. The van der Waals surface area contributed by atoms with Crippen molar-refractivity contribution in [2.45, 2.75) is 38.8 Å². The third-order valence-electron chi connectivity index (χ3n) is 4.84. The smallest absolute Gasteiger partial charge is 0.142 e. The van der Waals surface area contributed by atoms with Gasteiger partial charge in [0.2, 0.25) is 0 Å². The summed E-state index contributed by atoms with van der Waals surface area (Å²) in [6, 6.07) is 8.29. The average molecular weight is 296 g/mol. The Kier molecular flexibility index (Phi) is 4.99. The highest BCUT2D eigenvalue weighted by atomic mass is 16.5. The van der Waals surface area contributed by atoms with E-state index in [1.165, 1.54) is 49.4 Å². The molecule has 1 saturated heterocycles. The highest BCUT2D eigenvalue weighted by molar-refractivity contribution is 6.59. The first-order chi connectivity index (χ1) is 10.8. The third-order valence-corrected chi connectivity index (χ3v) is 4.84. The zero-order chi connectivity index (χ0) is 15.4. The minimum absolute atomic E-state index is 0.906. The molecule has 0 amide bonds. The van der Waals surface area contributed by atoms with Crippen molar-refractivity contribution in [3.05, 3.63) is 36.0 Å². The summed E-state index contributed by atoms with van der Waals surface area (Å²) in [5, 5.41) is 1.22. The highest BCUT2D eigenvalue weighted by Crippen LogP contribution is 2.25. The standard InChI is InChI=1S/C18H25BN2O/c1-3-7-19-8-11-21(12-9-19)14-15-6-10-20-18-5-4-16(22-2)13-17(15)18/h4-6,10,13H,3,7-9,11-12,14H2,1-2H3. The molecule has 2 aromatic rings. The van der Waals surface area contributed by atoms with Crippen LogP contribution in [0.25, 0.3) is 10.9 Å². The minimum Gasteiger partial charge on any atom is -0.497 e. The molecule has 0 atom stereocenters. The van der Waals surface area contributed by atoms with Crippen molar-refractivity contribution in [3.8, 4) is 5.75 Å². The molecule has 0 N–H and O–H groups in total. The second kappa shape index (κ2) is 7.14. The summed E-state index contributed by atoms with van der Waals surface area (Å²) in [6.07, 6.45) is 7.33. The first-order valence-electron chi connectivity index (χ1n) is 8.44. The van der Waals surface area contributed by atoms with E-state index in [9.17, 15) is 0 Å². The van der Waals surface area contributed by atoms with Crippen molar-refractivity contribution in [3.63, 3.8) is 0 Å². The van der Waals surface area contributed by atoms with Gasteiger partial charge in [-0.25, -0.2) is 0 Å². The lowest BCUT2D eigenvalue weighted by Crippen LogP contribution is -2.36. The molecule has 0 saturated carbocycles. The number of pyridine rings is 1. The molecule has 4 heteroatoms. The number of methoxy groups -OCH3 is 1. The van der Waals surface area contributed by atoms with Crippen LogP contribution >= 0.6 is 0 Å². The molecule has 116 valence electrons. The summed E-state index contributed by atoms with van der Waals surface area (Å²) in [7, 11) is 1.72. The van der Waals surface area contributed by atoms with Gasteiger partial charge in [-0.15, -0.1) is 0 Å². The molecule has 0 radical (unpaired) electrons. The summed E-state index contributed by atoms with van der Waals surface area (Å²) < 4.78 is 5.37. The Morgan fingerprint density at radius 3 is 2.77 bits per heavy atom. The molecule has 1 aromatic carbocycles. The quantitative estimate of drug-likeness (QED) is 0.781. The van der Waals surface area contributed by atoms with Crippen molar-refractivity contribution >= 4 is 17.6 Å². The van der Waals surface area contributed by atoms with Crippen molar-refractivity contribution in [2.24, 2.45) is 0 Å². The number of hydrogen-bond donors (Lipinski definition) is 0. The molecule has 3 rings (SSSR count). The van der Waals surface area contributed by atoms with Gasteiger partial charge in [-0.3, -0.25) is 4.98 Å². The molecule has 2 heterocycles. The van der Waals surface area contributed by atoms with Crippen LogP contribution in [0.4, 0.5) is 0 Å². The van der Waals surface area contributed by atoms with E-state index < -0.39 is 0 Å². The highest BCUT2D eigenvalue weighted by Gasteiger charge is 2.21. The number of fused-ring (bicyclic) bond motifs is 1. The Morgan fingerprint density at radius 2 is 2.05 bits per heavy atom.